The Morgan fingerprint density at radius 1 is 1.18 bits per heavy atom. The second-order valence-corrected chi connectivity index (χ2v) is 6.96. The normalized spacial score (nSPS) is 10.8. The number of rotatable bonds is 6. The molecule has 0 saturated heterocycles. The van der Waals surface area contributed by atoms with E-state index in [0.717, 1.165) is 21.9 Å². The Kier molecular flexibility index (Phi) is 4.90. The third-order valence-electron chi connectivity index (χ3n) is 4.07. The van der Waals surface area contributed by atoms with Crippen molar-refractivity contribution in [3.63, 3.8) is 0 Å². The average Bonchev–Trinajstić information content (AvgIpc) is 3.31. The Bertz CT molecular complexity index is 1090. The molecule has 0 bridgehead atoms. The van der Waals surface area contributed by atoms with Gasteiger partial charge in [0.05, 0.1) is 7.11 Å². The summed E-state index contributed by atoms with van der Waals surface area (Å²) in [6, 6.07) is 12.9. The highest BCUT2D eigenvalue weighted by molar-refractivity contribution is 7.19. The number of hydrogen-bond acceptors (Lipinski definition) is 7. The zero-order chi connectivity index (χ0) is 19.5. The number of fused-ring (bicyclic) bond motifs is 1. The Morgan fingerprint density at radius 2 is 1.96 bits per heavy atom. The van der Waals surface area contributed by atoms with Gasteiger partial charge in [-0.3, -0.25) is 4.79 Å². The molecule has 0 unspecified atom stereocenters. The second-order valence-electron chi connectivity index (χ2n) is 6.01. The quantitative estimate of drug-likeness (QED) is 0.539. The molecular weight excluding hydrogens is 378 g/mol. The van der Waals surface area contributed by atoms with E-state index in [4.69, 9.17) is 9.47 Å². The first-order valence-corrected chi connectivity index (χ1v) is 9.28. The molecule has 8 nitrogen and oxygen atoms in total. The van der Waals surface area contributed by atoms with Gasteiger partial charge in [-0.2, -0.15) is 9.61 Å². The molecule has 142 valence electrons. The molecule has 9 heteroatoms. The molecule has 1 N–H and O–H groups in total. The van der Waals surface area contributed by atoms with Crippen molar-refractivity contribution < 1.29 is 14.3 Å². The molecule has 0 radical (unpaired) electrons. The Morgan fingerprint density at radius 3 is 2.71 bits per heavy atom. The molecular formula is C19H17N5O3S. The lowest BCUT2D eigenvalue weighted by atomic mass is 10.1. The molecule has 2 aromatic carbocycles. The van der Waals surface area contributed by atoms with Crippen molar-refractivity contribution in [1.82, 2.24) is 19.8 Å². The zero-order valence-corrected chi connectivity index (χ0v) is 16.1. The highest BCUT2D eigenvalue weighted by Gasteiger charge is 2.11. The first-order valence-electron chi connectivity index (χ1n) is 8.47. The molecule has 0 fully saturated rings. The van der Waals surface area contributed by atoms with E-state index in [0.29, 0.717) is 16.4 Å². The van der Waals surface area contributed by atoms with Gasteiger partial charge < -0.3 is 14.8 Å². The maximum atomic E-state index is 12.3. The van der Waals surface area contributed by atoms with E-state index in [1.807, 2.05) is 25.1 Å². The highest BCUT2D eigenvalue weighted by Crippen LogP contribution is 2.28. The van der Waals surface area contributed by atoms with Crippen LogP contribution in [0.5, 0.6) is 11.5 Å². The van der Waals surface area contributed by atoms with Crippen molar-refractivity contribution in [2.75, 3.05) is 19.0 Å². The minimum Gasteiger partial charge on any atom is -0.497 e. The molecule has 2 heterocycles. The number of anilines is 1. The minimum absolute atomic E-state index is 0.0905. The average molecular weight is 395 g/mol. The molecule has 0 atom stereocenters. The third kappa shape index (κ3) is 3.79. The van der Waals surface area contributed by atoms with Gasteiger partial charge >= 0.3 is 0 Å². The van der Waals surface area contributed by atoms with Crippen LogP contribution in [0, 0.1) is 6.92 Å². The van der Waals surface area contributed by atoms with Crippen LogP contribution < -0.4 is 14.8 Å². The maximum absolute atomic E-state index is 12.3. The summed E-state index contributed by atoms with van der Waals surface area (Å²) >= 11 is 1.43. The second kappa shape index (κ2) is 7.65. The molecule has 0 aliphatic heterocycles. The van der Waals surface area contributed by atoms with Crippen LogP contribution in [-0.4, -0.2) is 39.4 Å². The van der Waals surface area contributed by atoms with Gasteiger partial charge in [0.15, 0.2) is 6.61 Å². The maximum Gasteiger partial charge on any atom is 0.262 e. The first-order chi connectivity index (χ1) is 13.6. The lowest BCUT2D eigenvalue weighted by Gasteiger charge is -2.11. The van der Waals surface area contributed by atoms with Crippen molar-refractivity contribution >= 4 is 27.9 Å². The Balaban J connectivity index is 1.44. The highest BCUT2D eigenvalue weighted by atomic mass is 32.1. The van der Waals surface area contributed by atoms with E-state index in [1.165, 1.54) is 11.3 Å². The number of carbonyl (C=O) groups is 1. The Labute approximate surface area is 164 Å². The van der Waals surface area contributed by atoms with Gasteiger partial charge in [-0.15, -0.1) is 10.2 Å². The number of amides is 1. The van der Waals surface area contributed by atoms with E-state index < -0.39 is 0 Å². The SMILES string of the molecule is COc1ccc(OCC(=O)Nc2cc(-c3nn4cnnc4s3)ccc2C)cc1. The lowest BCUT2D eigenvalue weighted by molar-refractivity contribution is -0.118. The van der Waals surface area contributed by atoms with Gasteiger partial charge in [0.25, 0.3) is 5.91 Å². The van der Waals surface area contributed by atoms with Gasteiger partial charge in [0.2, 0.25) is 4.96 Å². The molecule has 2 aromatic heterocycles. The molecule has 0 aliphatic carbocycles. The fourth-order valence-corrected chi connectivity index (χ4v) is 3.39. The number of carbonyl (C=O) groups excluding carboxylic acids is 1. The molecule has 4 aromatic rings. The van der Waals surface area contributed by atoms with Crippen LogP contribution in [0.3, 0.4) is 0 Å². The third-order valence-corrected chi connectivity index (χ3v) is 5.04. The summed E-state index contributed by atoms with van der Waals surface area (Å²) in [5.41, 5.74) is 2.56. The van der Waals surface area contributed by atoms with Gasteiger partial charge in [0, 0.05) is 11.3 Å². The predicted molar refractivity (Wildman–Crippen MR) is 106 cm³/mol. The number of hydrogen-bond donors (Lipinski definition) is 1. The van der Waals surface area contributed by atoms with Gasteiger partial charge in [-0.1, -0.05) is 23.5 Å². The molecule has 0 aliphatic rings. The van der Waals surface area contributed by atoms with E-state index in [-0.39, 0.29) is 12.5 Å². The van der Waals surface area contributed by atoms with Crippen molar-refractivity contribution in [2.24, 2.45) is 0 Å². The summed E-state index contributed by atoms with van der Waals surface area (Å²) < 4.78 is 12.3. The summed E-state index contributed by atoms with van der Waals surface area (Å²) in [5.74, 6) is 1.09. The number of nitrogens with one attached hydrogen (secondary N) is 1. The number of nitrogens with zero attached hydrogens (tertiary/aromatic N) is 4. The van der Waals surface area contributed by atoms with Crippen LogP contribution in [0.2, 0.25) is 0 Å². The summed E-state index contributed by atoms with van der Waals surface area (Å²) in [6.45, 7) is 1.84. The summed E-state index contributed by atoms with van der Waals surface area (Å²) in [4.78, 5) is 13.0. The molecule has 4 rings (SSSR count). The van der Waals surface area contributed by atoms with E-state index in [1.54, 1.807) is 42.2 Å². The minimum atomic E-state index is -0.241. The van der Waals surface area contributed by atoms with Crippen LogP contribution in [0.15, 0.2) is 48.8 Å². The van der Waals surface area contributed by atoms with Crippen molar-refractivity contribution in [1.29, 1.82) is 0 Å². The number of benzene rings is 2. The summed E-state index contributed by atoms with van der Waals surface area (Å²) in [6.07, 6.45) is 1.56. The number of aromatic nitrogens is 4. The van der Waals surface area contributed by atoms with Crippen LogP contribution in [-0.2, 0) is 4.79 Å². The largest absolute Gasteiger partial charge is 0.497 e. The van der Waals surface area contributed by atoms with Gasteiger partial charge in [-0.05, 0) is 42.8 Å². The van der Waals surface area contributed by atoms with Crippen LogP contribution in [0.4, 0.5) is 5.69 Å². The van der Waals surface area contributed by atoms with Crippen LogP contribution >= 0.6 is 11.3 Å². The molecule has 28 heavy (non-hydrogen) atoms. The smallest absolute Gasteiger partial charge is 0.262 e. The van der Waals surface area contributed by atoms with Crippen molar-refractivity contribution in [3.8, 4) is 22.1 Å². The van der Waals surface area contributed by atoms with E-state index in [2.05, 4.69) is 20.6 Å². The summed E-state index contributed by atoms with van der Waals surface area (Å²) in [7, 11) is 1.60. The first kappa shape index (κ1) is 17.9. The molecule has 0 saturated carbocycles. The summed E-state index contributed by atoms with van der Waals surface area (Å²) in [5, 5.41) is 15.9. The number of aryl methyl sites for hydroxylation is 1. The molecule has 0 spiro atoms. The van der Waals surface area contributed by atoms with Gasteiger partial charge in [0.1, 0.15) is 22.8 Å². The monoisotopic (exact) mass is 395 g/mol. The zero-order valence-electron chi connectivity index (χ0n) is 15.2. The fourth-order valence-electron chi connectivity index (χ4n) is 2.57. The topological polar surface area (TPSA) is 90.6 Å². The van der Waals surface area contributed by atoms with Crippen molar-refractivity contribution in [3.05, 3.63) is 54.4 Å². The fraction of sp³-hybridized carbons (Fsp3) is 0.158. The van der Waals surface area contributed by atoms with Gasteiger partial charge in [-0.25, -0.2) is 0 Å². The lowest BCUT2D eigenvalue weighted by Crippen LogP contribution is -2.20. The number of ether oxygens (including phenoxy) is 2. The molecule has 1 amide bonds. The van der Waals surface area contributed by atoms with E-state index >= 15 is 0 Å². The standard InChI is InChI=1S/C19H17N5O3S/c1-12-3-4-13(18-23-24-11-20-22-19(24)28-18)9-16(12)21-17(25)10-27-15-7-5-14(26-2)6-8-15/h3-9,11H,10H2,1-2H3,(H,21,25). The van der Waals surface area contributed by atoms with Crippen LogP contribution in [0.25, 0.3) is 15.5 Å². The number of methoxy groups -OCH3 is 1. The van der Waals surface area contributed by atoms with Crippen molar-refractivity contribution in [2.45, 2.75) is 6.92 Å². The predicted octanol–water partition coefficient (Wildman–Crippen LogP) is 3.19. The van der Waals surface area contributed by atoms with E-state index in [9.17, 15) is 4.79 Å². The Hall–Kier alpha value is -3.46. The van der Waals surface area contributed by atoms with Crippen LogP contribution in [0.1, 0.15) is 5.56 Å².